The van der Waals surface area contributed by atoms with Crippen molar-refractivity contribution >= 4 is 40.6 Å². The average molecular weight is 354 g/mol. The van der Waals surface area contributed by atoms with E-state index in [9.17, 15) is 18.0 Å². The lowest BCUT2D eigenvalue weighted by Crippen LogP contribution is -2.10. The molecule has 2 aromatic carbocycles. The summed E-state index contributed by atoms with van der Waals surface area (Å²) in [5.41, 5.74) is -1.15. The molecule has 0 aliphatic heterocycles. The maximum absolute atomic E-state index is 12.8. The molecule has 2 aromatic rings. The molecule has 110 valence electrons. The molecular weight excluding hydrogens is 348 g/mol. The van der Waals surface area contributed by atoms with Gasteiger partial charge in [0.1, 0.15) is 0 Å². The summed E-state index contributed by atoms with van der Waals surface area (Å²) in [5.74, 6) is -0.557. The topological polar surface area (TPSA) is 17.1 Å². The number of rotatable bonds is 2. The fraction of sp³-hybridized carbons (Fsp3) is 0.0714. The Labute approximate surface area is 133 Å². The highest BCUT2D eigenvalue weighted by atomic mass is 35.5. The summed E-state index contributed by atoms with van der Waals surface area (Å²) in [4.78, 5) is 12.2. The van der Waals surface area contributed by atoms with Crippen molar-refractivity contribution in [3.05, 3.63) is 68.2 Å². The maximum Gasteiger partial charge on any atom is 0.419 e. The van der Waals surface area contributed by atoms with Crippen molar-refractivity contribution in [3.63, 3.8) is 0 Å². The van der Waals surface area contributed by atoms with Crippen LogP contribution in [0.5, 0.6) is 0 Å². The Kier molecular flexibility index (Phi) is 4.51. The predicted molar refractivity (Wildman–Crippen MR) is 76.3 cm³/mol. The normalized spacial score (nSPS) is 11.5. The van der Waals surface area contributed by atoms with E-state index in [0.29, 0.717) is 0 Å². The number of benzene rings is 2. The van der Waals surface area contributed by atoms with Crippen molar-refractivity contribution in [1.29, 1.82) is 0 Å². The summed E-state index contributed by atoms with van der Waals surface area (Å²) < 4.78 is 38.5. The standard InChI is InChI=1S/C14H6Cl3F3O/c15-9-6-8(13(21)7-4-2-1-3-5-7)11(16)12(17)10(9)14(18,19)20/h1-6H. The molecule has 0 N–H and O–H groups in total. The molecule has 0 atom stereocenters. The van der Waals surface area contributed by atoms with E-state index in [1.54, 1.807) is 18.2 Å². The number of ketones is 1. The summed E-state index contributed by atoms with van der Waals surface area (Å²) in [6.45, 7) is 0. The van der Waals surface area contributed by atoms with E-state index < -0.39 is 32.6 Å². The van der Waals surface area contributed by atoms with E-state index in [4.69, 9.17) is 34.8 Å². The van der Waals surface area contributed by atoms with E-state index in [0.717, 1.165) is 6.07 Å². The lowest BCUT2D eigenvalue weighted by Gasteiger charge is -2.14. The summed E-state index contributed by atoms with van der Waals surface area (Å²) in [6, 6.07) is 8.85. The first-order chi connectivity index (χ1) is 9.73. The van der Waals surface area contributed by atoms with Gasteiger partial charge in [-0.2, -0.15) is 13.2 Å². The summed E-state index contributed by atoms with van der Waals surface area (Å²) in [6.07, 6.45) is -4.76. The van der Waals surface area contributed by atoms with E-state index >= 15 is 0 Å². The van der Waals surface area contributed by atoms with Crippen LogP contribution >= 0.6 is 34.8 Å². The molecule has 0 spiro atoms. The van der Waals surface area contributed by atoms with Gasteiger partial charge in [0.25, 0.3) is 0 Å². The van der Waals surface area contributed by atoms with Crippen LogP contribution < -0.4 is 0 Å². The van der Waals surface area contributed by atoms with E-state index in [2.05, 4.69) is 0 Å². The molecule has 0 aliphatic carbocycles. The smallest absolute Gasteiger partial charge is 0.289 e. The molecule has 0 radical (unpaired) electrons. The van der Waals surface area contributed by atoms with Crippen molar-refractivity contribution < 1.29 is 18.0 Å². The summed E-state index contributed by atoms with van der Waals surface area (Å²) >= 11 is 17.0. The Hall–Kier alpha value is -1.23. The molecule has 7 heteroatoms. The number of carbonyl (C=O) groups is 1. The maximum atomic E-state index is 12.8. The van der Waals surface area contributed by atoms with Crippen molar-refractivity contribution in [1.82, 2.24) is 0 Å². The number of carbonyl (C=O) groups excluding carboxylic acids is 1. The van der Waals surface area contributed by atoms with E-state index in [-0.39, 0.29) is 11.1 Å². The Balaban J connectivity index is 2.61. The lowest BCUT2D eigenvalue weighted by molar-refractivity contribution is -0.137. The highest BCUT2D eigenvalue weighted by molar-refractivity contribution is 6.46. The monoisotopic (exact) mass is 352 g/mol. The molecule has 0 heterocycles. The van der Waals surface area contributed by atoms with Crippen LogP contribution in [0, 0.1) is 0 Å². The molecule has 0 saturated carbocycles. The highest BCUT2D eigenvalue weighted by Crippen LogP contribution is 2.44. The van der Waals surface area contributed by atoms with Crippen molar-refractivity contribution in [3.8, 4) is 0 Å². The quantitative estimate of drug-likeness (QED) is 0.485. The second-order valence-corrected chi connectivity index (χ2v) is 5.26. The Morgan fingerprint density at radius 1 is 0.952 bits per heavy atom. The van der Waals surface area contributed by atoms with Gasteiger partial charge in [-0.05, 0) is 6.07 Å². The third-order valence-corrected chi connectivity index (χ3v) is 3.89. The molecule has 2 rings (SSSR count). The third-order valence-electron chi connectivity index (χ3n) is 2.72. The molecule has 0 aliphatic rings. The van der Waals surface area contributed by atoms with Crippen LogP contribution in [-0.4, -0.2) is 5.78 Å². The molecule has 0 saturated heterocycles. The lowest BCUT2D eigenvalue weighted by atomic mass is 10.0. The van der Waals surface area contributed by atoms with Gasteiger partial charge in [-0.3, -0.25) is 4.79 Å². The number of halogens is 6. The third kappa shape index (κ3) is 3.18. The Bertz CT molecular complexity index is 697. The zero-order valence-electron chi connectivity index (χ0n) is 10.1. The van der Waals surface area contributed by atoms with Gasteiger partial charge in [0.15, 0.2) is 5.78 Å². The molecule has 21 heavy (non-hydrogen) atoms. The van der Waals surface area contributed by atoms with E-state index in [1.165, 1.54) is 12.1 Å². The SMILES string of the molecule is O=C(c1ccccc1)c1cc(Cl)c(C(F)(F)F)c(Cl)c1Cl. The van der Waals surface area contributed by atoms with Gasteiger partial charge in [-0.15, -0.1) is 0 Å². The van der Waals surface area contributed by atoms with Crippen molar-refractivity contribution in [2.75, 3.05) is 0 Å². The Morgan fingerprint density at radius 3 is 2.05 bits per heavy atom. The van der Waals surface area contributed by atoms with E-state index in [1.807, 2.05) is 0 Å². The molecule has 0 unspecified atom stereocenters. The first-order valence-corrected chi connectivity index (χ1v) is 6.71. The molecular formula is C14H6Cl3F3O. The average Bonchev–Trinajstić information content (AvgIpc) is 2.41. The number of alkyl halides is 3. The van der Waals surface area contributed by atoms with Gasteiger partial charge in [-0.1, -0.05) is 65.1 Å². The molecule has 1 nitrogen and oxygen atoms in total. The van der Waals surface area contributed by atoms with Gasteiger partial charge in [0.05, 0.1) is 20.6 Å². The zero-order chi connectivity index (χ0) is 15.8. The molecule has 0 fully saturated rings. The predicted octanol–water partition coefficient (Wildman–Crippen LogP) is 5.90. The van der Waals surface area contributed by atoms with Gasteiger partial charge >= 0.3 is 6.18 Å². The number of hydrogen-bond donors (Lipinski definition) is 0. The van der Waals surface area contributed by atoms with Crippen LogP contribution in [0.25, 0.3) is 0 Å². The van der Waals surface area contributed by atoms with Crippen molar-refractivity contribution in [2.24, 2.45) is 0 Å². The zero-order valence-corrected chi connectivity index (χ0v) is 12.4. The minimum absolute atomic E-state index is 0.175. The van der Waals surface area contributed by atoms with Crippen LogP contribution in [0.4, 0.5) is 13.2 Å². The van der Waals surface area contributed by atoms with Gasteiger partial charge in [0.2, 0.25) is 0 Å². The minimum Gasteiger partial charge on any atom is -0.289 e. The van der Waals surface area contributed by atoms with Gasteiger partial charge in [-0.25, -0.2) is 0 Å². The first kappa shape index (κ1) is 16.1. The fourth-order valence-electron chi connectivity index (χ4n) is 1.77. The minimum atomic E-state index is -4.76. The van der Waals surface area contributed by atoms with Crippen LogP contribution in [-0.2, 0) is 6.18 Å². The van der Waals surface area contributed by atoms with Crippen LogP contribution in [0.3, 0.4) is 0 Å². The van der Waals surface area contributed by atoms with Gasteiger partial charge in [0, 0.05) is 11.1 Å². The Morgan fingerprint density at radius 2 is 1.52 bits per heavy atom. The molecule has 0 bridgehead atoms. The van der Waals surface area contributed by atoms with Gasteiger partial charge < -0.3 is 0 Å². The second-order valence-electron chi connectivity index (χ2n) is 4.10. The van der Waals surface area contributed by atoms with Crippen LogP contribution in [0.1, 0.15) is 21.5 Å². The number of hydrogen-bond acceptors (Lipinski definition) is 1. The summed E-state index contributed by atoms with van der Waals surface area (Å²) in [7, 11) is 0. The molecule has 0 aromatic heterocycles. The van der Waals surface area contributed by atoms with Crippen LogP contribution in [0.15, 0.2) is 36.4 Å². The second kappa shape index (κ2) is 5.87. The van der Waals surface area contributed by atoms with Crippen LogP contribution in [0.2, 0.25) is 15.1 Å². The largest absolute Gasteiger partial charge is 0.419 e. The highest BCUT2D eigenvalue weighted by Gasteiger charge is 2.38. The van der Waals surface area contributed by atoms with Crippen molar-refractivity contribution in [2.45, 2.75) is 6.18 Å². The molecule has 0 amide bonds. The summed E-state index contributed by atoms with van der Waals surface area (Å²) in [5, 5.41) is -1.92. The fourth-order valence-corrected chi connectivity index (χ4v) is 2.67. The first-order valence-electron chi connectivity index (χ1n) is 5.58.